The van der Waals surface area contributed by atoms with Gasteiger partial charge in [-0.3, -0.25) is 0 Å². The number of rotatable bonds is 4. The molecule has 1 aliphatic rings. The van der Waals surface area contributed by atoms with E-state index in [9.17, 15) is 0 Å². The molecule has 0 bridgehead atoms. The molecule has 0 aliphatic heterocycles. The van der Waals surface area contributed by atoms with Gasteiger partial charge in [-0.1, -0.05) is 32.8 Å². The molecule has 2 nitrogen and oxygen atoms in total. The Morgan fingerprint density at radius 3 is 2.32 bits per heavy atom. The molecule has 0 amide bonds. The number of benzene rings is 1. The van der Waals surface area contributed by atoms with Gasteiger partial charge in [0.15, 0.2) is 0 Å². The van der Waals surface area contributed by atoms with Gasteiger partial charge in [-0.25, -0.2) is 0 Å². The van der Waals surface area contributed by atoms with Crippen LogP contribution in [0.15, 0.2) is 12.1 Å². The van der Waals surface area contributed by atoms with Crippen molar-refractivity contribution >= 4 is 0 Å². The first-order valence-corrected chi connectivity index (χ1v) is 7.48. The predicted molar refractivity (Wildman–Crippen MR) is 80.7 cm³/mol. The van der Waals surface area contributed by atoms with E-state index >= 15 is 0 Å². The van der Waals surface area contributed by atoms with Gasteiger partial charge in [0.05, 0.1) is 7.11 Å². The third kappa shape index (κ3) is 2.94. The second-order valence-electron chi connectivity index (χ2n) is 6.18. The van der Waals surface area contributed by atoms with Crippen molar-refractivity contribution in [3.63, 3.8) is 0 Å². The molecule has 1 aromatic rings. The van der Waals surface area contributed by atoms with Gasteiger partial charge >= 0.3 is 0 Å². The van der Waals surface area contributed by atoms with Crippen molar-refractivity contribution in [1.29, 1.82) is 0 Å². The van der Waals surface area contributed by atoms with E-state index in [1.807, 2.05) is 0 Å². The summed E-state index contributed by atoms with van der Waals surface area (Å²) in [5.41, 5.74) is 10.4. The average molecular weight is 261 g/mol. The minimum Gasteiger partial charge on any atom is -0.496 e. The Morgan fingerprint density at radius 2 is 1.79 bits per heavy atom. The molecule has 1 aliphatic carbocycles. The molecule has 19 heavy (non-hydrogen) atoms. The lowest BCUT2D eigenvalue weighted by Crippen LogP contribution is -2.20. The Hall–Kier alpha value is -1.02. The summed E-state index contributed by atoms with van der Waals surface area (Å²) in [6.45, 7) is 6.56. The van der Waals surface area contributed by atoms with E-state index < -0.39 is 0 Å². The Kier molecular flexibility index (Phi) is 4.51. The molecule has 1 aromatic carbocycles. The van der Waals surface area contributed by atoms with Gasteiger partial charge in [0.1, 0.15) is 5.75 Å². The zero-order chi connectivity index (χ0) is 14.0. The van der Waals surface area contributed by atoms with E-state index in [-0.39, 0.29) is 6.04 Å². The van der Waals surface area contributed by atoms with Crippen LogP contribution in [0.25, 0.3) is 0 Å². The molecule has 1 saturated carbocycles. The maximum absolute atomic E-state index is 6.52. The molecular formula is C17H27NO. The zero-order valence-corrected chi connectivity index (χ0v) is 12.7. The fraction of sp³-hybridized carbons (Fsp3) is 0.647. The van der Waals surface area contributed by atoms with E-state index in [2.05, 4.69) is 32.9 Å². The number of hydrogen-bond acceptors (Lipinski definition) is 2. The molecule has 1 fully saturated rings. The van der Waals surface area contributed by atoms with E-state index in [1.165, 1.54) is 42.4 Å². The highest BCUT2D eigenvalue weighted by molar-refractivity contribution is 5.45. The van der Waals surface area contributed by atoms with E-state index in [0.717, 1.165) is 5.75 Å². The Balaban J connectivity index is 2.36. The number of methoxy groups -OCH3 is 1. The Bertz CT molecular complexity index is 433. The van der Waals surface area contributed by atoms with Crippen LogP contribution in [-0.2, 0) is 0 Å². The maximum Gasteiger partial charge on any atom is 0.122 e. The summed E-state index contributed by atoms with van der Waals surface area (Å²) in [5, 5.41) is 0. The molecule has 1 unspecified atom stereocenters. The van der Waals surface area contributed by atoms with Gasteiger partial charge in [0.2, 0.25) is 0 Å². The lowest BCUT2D eigenvalue weighted by atomic mass is 9.87. The summed E-state index contributed by atoms with van der Waals surface area (Å²) < 4.78 is 5.51. The van der Waals surface area contributed by atoms with Gasteiger partial charge in [-0.05, 0) is 54.4 Å². The molecule has 0 heterocycles. The van der Waals surface area contributed by atoms with Gasteiger partial charge in [-0.15, -0.1) is 0 Å². The first-order chi connectivity index (χ1) is 9.04. The second-order valence-corrected chi connectivity index (χ2v) is 6.18. The smallest absolute Gasteiger partial charge is 0.122 e. The molecule has 0 spiro atoms. The van der Waals surface area contributed by atoms with Gasteiger partial charge in [0.25, 0.3) is 0 Å². The van der Waals surface area contributed by atoms with Crippen molar-refractivity contribution in [1.82, 2.24) is 0 Å². The highest BCUT2D eigenvalue weighted by Gasteiger charge is 2.25. The Labute approximate surface area is 117 Å². The fourth-order valence-corrected chi connectivity index (χ4v) is 3.27. The number of nitrogens with two attached hydrogens (primary N) is 1. The van der Waals surface area contributed by atoms with Crippen LogP contribution in [0.3, 0.4) is 0 Å². The number of ether oxygens (including phenoxy) is 1. The predicted octanol–water partition coefficient (Wildman–Crippen LogP) is 4.32. The summed E-state index contributed by atoms with van der Waals surface area (Å²) in [7, 11) is 1.75. The van der Waals surface area contributed by atoms with Gasteiger partial charge in [-0.2, -0.15) is 0 Å². The van der Waals surface area contributed by atoms with E-state index in [0.29, 0.717) is 11.8 Å². The fourth-order valence-electron chi connectivity index (χ4n) is 3.27. The summed E-state index contributed by atoms with van der Waals surface area (Å²) in [6, 6.07) is 4.62. The van der Waals surface area contributed by atoms with Crippen LogP contribution < -0.4 is 10.5 Å². The molecule has 0 saturated heterocycles. The first-order valence-electron chi connectivity index (χ1n) is 7.48. The van der Waals surface area contributed by atoms with Crippen LogP contribution in [0.4, 0.5) is 0 Å². The molecule has 2 N–H and O–H groups in total. The summed E-state index contributed by atoms with van der Waals surface area (Å²) in [6.07, 6.45) is 5.24. The summed E-state index contributed by atoms with van der Waals surface area (Å²) in [4.78, 5) is 0. The quantitative estimate of drug-likeness (QED) is 0.876. The molecule has 0 aromatic heterocycles. The van der Waals surface area contributed by atoms with Crippen molar-refractivity contribution < 1.29 is 4.74 Å². The van der Waals surface area contributed by atoms with Crippen molar-refractivity contribution in [2.75, 3.05) is 7.11 Å². The molecule has 2 heteroatoms. The highest BCUT2D eigenvalue weighted by Crippen LogP contribution is 2.38. The largest absolute Gasteiger partial charge is 0.496 e. The van der Waals surface area contributed by atoms with Crippen LogP contribution in [0.2, 0.25) is 0 Å². The minimum atomic E-state index is 0.186. The van der Waals surface area contributed by atoms with Crippen LogP contribution >= 0.6 is 0 Å². The minimum absolute atomic E-state index is 0.186. The lowest BCUT2D eigenvalue weighted by molar-refractivity contribution is 0.404. The van der Waals surface area contributed by atoms with Crippen LogP contribution in [0.5, 0.6) is 5.75 Å². The first kappa shape index (κ1) is 14.4. The zero-order valence-electron chi connectivity index (χ0n) is 12.7. The lowest BCUT2D eigenvalue weighted by Gasteiger charge is -2.24. The molecule has 2 rings (SSSR count). The van der Waals surface area contributed by atoms with Crippen molar-refractivity contribution in [2.24, 2.45) is 11.7 Å². The molecule has 0 radical (unpaired) electrons. The molecule has 1 atom stereocenters. The highest BCUT2D eigenvalue weighted by atomic mass is 16.5. The standard InChI is InChI=1S/C17H27NO/c1-11(2)14-10-15(12(3)9-16(14)19-4)17(18)13-7-5-6-8-13/h9-11,13,17H,5-8,18H2,1-4H3. The number of hydrogen-bond donors (Lipinski definition) is 1. The van der Waals surface area contributed by atoms with E-state index in [1.54, 1.807) is 7.11 Å². The van der Waals surface area contributed by atoms with Crippen molar-refractivity contribution in [2.45, 2.75) is 58.4 Å². The third-order valence-electron chi connectivity index (χ3n) is 4.51. The van der Waals surface area contributed by atoms with Gasteiger partial charge in [0, 0.05) is 6.04 Å². The number of aryl methyl sites for hydroxylation is 1. The van der Waals surface area contributed by atoms with Crippen LogP contribution in [0, 0.1) is 12.8 Å². The van der Waals surface area contributed by atoms with Crippen molar-refractivity contribution in [3.05, 3.63) is 28.8 Å². The van der Waals surface area contributed by atoms with Gasteiger partial charge < -0.3 is 10.5 Å². The third-order valence-corrected chi connectivity index (χ3v) is 4.51. The van der Waals surface area contributed by atoms with Crippen molar-refractivity contribution in [3.8, 4) is 5.75 Å². The Morgan fingerprint density at radius 1 is 1.16 bits per heavy atom. The molecular weight excluding hydrogens is 234 g/mol. The SMILES string of the molecule is COc1cc(C)c(C(N)C2CCCC2)cc1C(C)C. The summed E-state index contributed by atoms with van der Waals surface area (Å²) in [5.74, 6) is 2.12. The van der Waals surface area contributed by atoms with Crippen LogP contribution in [0.1, 0.15) is 68.2 Å². The topological polar surface area (TPSA) is 35.2 Å². The average Bonchev–Trinajstić information content (AvgIpc) is 2.91. The van der Waals surface area contributed by atoms with Crippen LogP contribution in [-0.4, -0.2) is 7.11 Å². The second kappa shape index (κ2) is 5.96. The maximum atomic E-state index is 6.52. The monoisotopic (exact) mass is 261 g/mol. The van der Waals surface area contributed by atoms with E-state index in [4.69, 9.17) is 10.5 Å². The molecule has 106 valence electrons. The normalized spacial score (nSPS) is 18.0. The summed E-state index contributed by atoms with van der Waals surface area (Å²) >= 11 is 0.